The van der Waals surface area contributed by atoms with Crippen LogP contribution in [-0.2, 0) is 11.3 Å². The van der Waals surface area contributed by atoms with Crippen LogP contribution in [0.3, 0.4) is 0 Å². The zero-order chi connectivity index (χ0) is 31.4. The third-order valence-electron chi connectivity index (χ3n) is 6.92. The van der Waals surface area contributed by atoms with Crippen LogP contribution in [0.15, 0.2) is 107 Å². The lowest BCUT2D eigenvalue weighted by molar-refractivity contribution is 0.0941. The standard InChI is InChI=1S/C27H32ClN3O2.C10H12O/c1-20-7-6-8-24(17-20)31-27(33)22-11-14-25(30-19-21-9-12-23(28)13-10-21)26(18-22)29-15-4-2-3-5-16-32;1-2-8-11-9-10-6-4-3-5-7-10/h9-15,17-19,24,32H,2-8,16H2,1H3,(H,31,33);2-7H,1,8-9H2. The summed E-state index contributed by atoms with van der Waals surface area (Å²) >= 11 is 5.96. The SMILES string of the molecule is C=CCOCc1ccccc1.CC1=CC(NC(=O)c2ccc(N=Cc3ccc(Cl)cc3)c(N=CCCCCCO)c2)CCC1. The van der Waals surface area contributed by atoms with Crippen LogP contribution < -0.4 is 5.32 Å². The fourth-order valence-electron chi connectivity index (χ4n) is 4.57. The largest absolute Gasteiger partial charge is 0.396 e. The Morgan fingerprint density at radius 1 is 1.05 bits per heavy atom. The van der Waals surface area contributed by atoms with Crippen molar-refractivity contribution < 1.29 is 14.6 Å². The molecule has 3 aromatic rings. The van der Waals surface area contributed by atoms with E-state index in [1.54, 1.807) is 24.4 Å². The van der Waals surface area contributed by atoms with E-state index < -0.39 is 0 Å². The van der Waals surface area contributed by atoms with Gasteiger partial charge in [-0.15, -0.1) is 6.58 Å². The lowest BCUT2D eigenvalue weighted by Gasteiger charge is -2.20. The van der Waals surface area contributed by atoms with Gasteiger partial charge in [0.2, 0.25) is 0 Å². The number of halogens is 1. The summed E-state index contributed by atoms with van der Waals surface area (Å²) in [7, 11) is 0. The number of allylic oxidation sites excluding steroid dienone is 1. The summed E-state index contributed by atoms with van der Waals surface area (Å²) in [6.45, 7) is 7.19. The average molecular weight is 614 g/mol. The molecule has 0 bridgehead atoms. The highest BCUT2D eigenvalue weighted by Crippen LogP contribution is 2.29. The first kappa shape index (κ1) is 34.6. The molecule has 0 aliphatic heterocycles. The van der Waals surface area contributed by atoms with Crippen molar-refractivity contribution in [3.8, 4) is 0 Å². The number of hydrogen-bond donors (Lipinski definition) is 2. The second-order valence-electron chi connectivity index (χ2n) is 10.7. The molecule has 0 spiro atoms. The molecule has 7 heteroatoms. The zero-order valence-corrected chi connectivity index (χ0v) is 26.4. The Morgan fingerprint density at radius 2 is 1.84 bits per heavy atom. The molecule has 1 aliphatic rings. The molecule has 3 aromatic carbocycles. The molecule has 0 saturated heterocycles. The molecule has 0 fully saturated rings. The third kappa shape index (κ3) is 13.2. The minimum atomic E-state index is -0.0985. The number of amides is 1. The number of rotatable bonds is 14. The first-order chi connectivity index (χ1) is 21.5. The van der Waals surface area contributed by atoms with E-state index in [0.717, 1.165) is 50.5 Å². The zero-order valence-electron chi connectivity index (χ0n) is 25.6. The van der Waals surface area contributed by atoms with Crippen LogP contribution in [0, 0.1) is 0 Å². The van der Waals surface area contributed by atoms with Crippen LogP contribution in [0.1, 0.15) is 73.4 Å². The summed E-state index contributed by atoms with van der Waals surface area (Å²) in [5.41, 5.74) is 5.38. The van der Waals surface area contributed by atoms with Crippen molar-refractivity contribution >= 4 is 41.3 Å². The van der Waals surface area contributed by atoms with Crippen LogP contribution in [0.5, 0.6) is 0 Å². The van der Waals surface area contributed by atoms with E-state index in [4.69, 9.17) is 21.4 Å². The summed E-state index contributed by atoms with van der Waals surface area (Å²) in [5, 5.41) is 12.7. The number of benzene rings is 3. The molecule has 0 radical (unpaired) electrons. The second kappa shape index (κ2) is 20.2. The van der Waals surface area contributed by atoms with Crippen molar-refractivity contribution in [3.63, 3.8) is 0 Å². The molecule has 0 aromatic heterocycles. The number of nitrogens with one attached hydrogen (secondary N) is 1. The molecule has 1 amide bonds. The highest BCUT2D eigenvalue weighted by molar-refractivity contribution is 6.30. The van der Waals surface area contributed by atoms with E-state index >= 15 is 0 Å². The molecule has 1 atom stereocenters. The molecular formula is C37H44ClN3O3. The Balaban J connectivity index is 0.000000404. The molecule has 0 heterocycles. The van der Waals surface area contributed by atoms with Crippen LogP contribution in [0.4, 0.5) is 11.4 Å². The van der Waals surface area contributed by atoms with Crippen LogP contribution >= 0.6 is 11.6 Å². The Bertz CT molecular complexity index is 1380. The highest BCUT2D eigenvalue weighted by atomic mass is 35.5. The molecule has 4 rings (SSSR count). The van der Waals surface area contributed by atoms with Crippen LogP contribution in [-0.4, -0.2) is 42.7 Å². The van der Waals surface area contributed by atoms with Gasteiger partial charge in [0, 0.05) is 35.7 Å². The average Bonchev–Trinajstić information content (AvgIpc) is 3.04. The smallest absolute Gasteiger partial charge is 0.251 e. The molecule has 6 nitrogen and oxygen atoms in total. The Hall–Kier alpha value is -3.84. The maximum absolute atomic E-state index is 12.9. The number of ether oxygens (including phenoxy) is 1. The van der Waals surface area contributed by atoms with Gasteiger partial charge in [0.1, 0.15) is 0 Å². The predicted octanol–water partition coefficient (Wildman–Crippen LogP) is 8.96. The van der Waals surface area contributed by atoms with Crippen LogP contribution in [0.2, 0.25) is 5.02 Å². The highest BCUT2D eigenvalue weighted by Gasteiger charge is 2.16. The monoisotopic (exact) mass is 613 g/mol. The maximum Gasteiger partial charge on any atom is 0.251 e. The number of aliphatic hydroxyl groups is 1. The van der Waals surface area contributed by atoms with Crippen molar-refractivity contribution in [2.24, 2.45) is 9.98 Å². The van der Waals surface area contributed by atoms with Gasteiger partial charge in [-0.2, -0.15) is 0 Å². The van der Waals surface area contributed by atoms with Crippen molar-refractivity contribution in [2.45, 2.75) is 64.5 Å². The number of carbonyl (C=O) groups excluding carboxylic acids is 1. The topological polar surface area (TPSA) is 83.3 Å². The number of nitrogens with zero attached hydrogens (tertiary/aromatic N) is 2. The summed E-state index contributed by atoms with van der Waals surface area (Å²) < 4.78 is 5.25. The van der Waals surface area contributed by atoms with Gasteiger partial charge in [0.15, 0.2) is 0 Å². The summed E-state index contributed by atoms with van der Waals surface area (Å²) in [6.07, 6.45) is 14.2. The fraction of sp³-hybridized carbons (Fsp3) is 0.324. The summed E-state index contributed by atoms with van der Waals surface area (Å²) in [6, 6.07) is 23.1. The van der Waals surface area contributed by atoms with Crippen molar-refractivity contribution in [1.29, 1.82) is 0 Å². The second-order valence-corrected chi connectivity index (χ2v) is 11.1. The minimum Gasteiger partial charge on any atom is -0.396 e. The Labute approximate surface area is 267 Å². The quantitative estimate of drug-likeness (QED) is 0.108. The number of hydrogen-bond acceptors (Lipinski definition) is 5. The number of carbonyl (C=O) groups is 1. The van der Waals surface area contributed by atoms with Crippen molar-refractivity contribution in [3.05, 3.63) is 119 Å². The molecule has 0 saturated carbocycles. The van der Waals surface area contributed by atoms with Gasteiger partial charge in [0.25, 0.3) is 5.91 Å². The third-order valence-corrected chi connectivity index (χ3v) is 7.17. The molecule has 1 unspecified atom stereocenters. The van der Waals surface area contributed by atoms with E-state index in [9.17, 15) is 4.79 Å². The van der Waals surface area contributed by atoms with Gasteiger partial charge in [-0.3, -0.25) is 14.8 Å². The van der Waals surface area contributed by atoms with Gasteiger partial charge < -0.3 is 15.2 Å². The minimum absolute atomic E-state index is 0.0762. The van der Waals surface area contributed by atoms with Gasteiger partial charge in [-0.1, -0.05) is 78.2 Å². The number of unbranched alkanes of at least 4 members (excludes halogenated alkanes) is 3. The first-order valence-corrected chi connectivity index (χ1v) is 15.6. The number of aliphatic imine (C=N–C) groups is 2. The molecule has 2 N–H and O–H groups in total. The van der Waals surface area contributed by atoms with Gasteiger partial charge >= 0.3 is 0 Å². The molecule has 232 valence electrons. The van der Waals surface area contributed by atoms with E-state index in [2.05, 4.69) is 34.9 Å². The lowest BCUT2D eigenvalue weighted by atomic mass is 9.96. The molecule has 1 aliphatic carbocycles. The number of aliphatic hydroxyl groups excluding tert-OH is 1. The van der Waals surface area contributed by atoms with E-state index in [-0.39, 0.29) is 18.6 Å². The fourth-order valence-corrected chi connectivity index (χ4v) is 4.69. The van der Waals surface area contributed by atoms with E-state index in [1.807, 2.05) is 66.9 Å². The van der Waals surface area contributed by atoms with E-state index in [0.29, 0.717) is 35.2 Å². The normalized spacial score (nSPS) is 14.6. The first-order valence-electron chi connectivity index (χ1n) is 15.3. The lowest BCUT2D eigenvalue weighted by Crippen LogP contribution is -2.34. The van der Waals surface area contributed by atoms with Crippen molar-refractivity contribution in [1.82, 2.24) is 5.32 Å². The Morgan fingerprint density at radius 3 is 2.57 bits per heavy atom. The van der Waals surface area contributed by atoms with Gasteiger partial charge in [-0.05, 0) is 86.9 Å². The summed E-state index contributed by atoms with van der Waals surface area (Å²) in [5.74, 6) is -0.0985. The summed E-state index contributed by atoms with van der Waals surface area (Å²) in [4.78, 5) is 22.1. The Kier molecular flexibility index (Phi) is 15.9. The van der Waals surface area contributed by atoms with E-state index in [1.165, 1.54) is 11.1 Å². The van der Waals surface area contributed by atoms with Crippen molar-refractivity contribution in [2.75, 3.05) is 13.2 Å². The predicted molar refractivity (Wildman–Crippen MR) is 184 cm³/mol. The molecule has 44 heavy (non-hydrogen) atoms. The maximum atomic E-state index is 12.9. The van der Waals surface area contributed by atoms with Crippen LogP contribution in [0.25, 0.3) is 0 Å². The van der Waals surface area contributed by atoms with Gasteiger partial charge in [0.05, 0.1) is 24.6 Å². The molecular weight excluding hydrogens is 570 g/mol. The van der Waals surface area contributed by atoms with Gasteiger partial charge in [-0.25, -0.2) is 0 Å².